The van der Waals surface area contributed by atoms with Crippen LogP contribution >= 0.6 is 0 Å². The lowest BCUT2D eigenvalue weighted by atomic mass is 10.1. The molecule has 114 valence electrons. The molecule has 1 aromatic rings. The van der Waals surface area contributed by atoms with Crippen LogP contribution in [0.15, 0.2) is 18.2 Å². The van der Waals surface area contributed by atoms with Gasteiger partial charge in [0, 0.05) is 25.1 Å². The van der Waals surface area contributed by atoms with Gasteiger partial charge < -0.3 is 10.0 Å². The number of aliphatic carboxylic acids is 1. The lowest BCUT2D eigenvalue weighted by Crippen LogP contribution is -2.33. The van der Waals surface area contributed by atoms with Gasteiger partial charge in [-0.2, -0.15) is 0 Å². The molecule has 7 nitrogen and oxygen atoms in total. The molecule has 0 aliphatic heterocycles. The maximum atomic E-state index is 12.2. The summed E-state index contributed by atoms with van der Waals surface area (Å²) in [4.78, 5) is 34.5. The number of benzene rings is 1. The Morgan fingerprint density at radius 2 is 2.00 bits per heavy atom. The van der Waals surface area contributed by atoms with Crippen molar-refractivity contribution in [1.82, 2.24) is 0 Å². The fraction of sp³-hybridized carbons (Fsp3) is 0.429. The first-order valence-corrected chi connectivity index (χ1v) is 6.64. The largest absolute Gasteiger partial charge is 0.481 e. The van der Waals surface area contributed by atoms with Crippen LogP contribution in [0.5, 0.6) is 0 Å². The van der Waals surface area contributed by atoms with Crippen molar-refractivity contribution in [3.05, 3.63) is 33.9 Å². The van der Waals surface area contributed by atoms with E-state index in [-0.39, 0.29) is 31.0 Å². The number of carbonyl (C=O) groups is 2. The Kier molecular flexibility index (Phi) is 5.83. The Hall–Kier alpha value is -2.44. The number of hydrogen-bond donors (Lipinski definition) is 1. The summed E-state index contributed by atoms with van der Waals surface area (Å²) >= 11 is 0. The Bertz CT molecular complexity index is 556. The molecule has 0 atom stereocenters. The fourth-order valence-electron chi connectivity index (χ4n) is 1.94. The van der Waals surface area contributed by atoms with E-state index in [0.29, 0.717) is 17.7 Å². The molecule has 0 heterocycles. The number of rotatable bonds is 7. The van der Waals surface area contributed by atoms with Gasteiger partial charge in [-0.1, -0.05) is 13.0 Å². The molecule has 1 aromatic carbocycles. The highest BCUT2D eigenvalue weighted by Crippen LogP contribution is 2.26. The van der Waals surface area contributed by atoms with Crippen LogP contribution in [0.3, 0.4) is 0 Å². The topological polar surface area (TPSA) is 101 Å². The van der Waals surface area contributed by atoms with Crippen LogP contribution in [-0.2, 0) is 9.59 Å². The van der Waals surface area contributed by atoms with Gasteiger partial charge in [0.2, 0.25) is 5.91 Å². The molecule has 0 radical (unpaired) electrons. The third kappa shape index (κ3) is 4.55. The van der Waals surface area contributed by atoms with Crippen molar-refractivity contribution in [1.29, 1.82) is 0 Å². The van der Waals surface area contributed by atoms with Crippen molar-refractivity contribution in [2.75, 3.05) is 11.4 Å². The lowest BCUT2D eigenvalue weighted by molar-refractivity contribution is -0.384. The molecule has 1 rings (SSSR count). The highest BCUT2D eigenvalue weighted by Gasteiger charge is 2.20. The van der Waals surface area contributed by atoms with E-state index in [1.54, 1.807) is 13.0 Å². The molecular formula is C14H18N2O5. The zero-order chi connectivity index (χ0) is 16.0. The molecule has 21 heavy (non-hydrogen) atoms. The summed E-state index contributed by atoms with van der Waals surface area (Å²) in [6.45, 7) is 3.57. The second kappa shape index (κ2) is 7.37. The highest BCUT2D eigenvalue weighted by molar-refractivity contribution is 5.94. The van der Waals surface area contributed by atoms with Crippen LogP contribution in [0, 0.1) is 17.0 Å². The summed E-state index contributed by atoms with van der Waals surface area (Å²) in [5.41, 5.74) is 0.958. The molecular weight excluding hydrogens is 276 g/mol. The molecule has 0 aliphatic rings. The number of hydrogen-bond acceptors (Lipinski definition) is 4. The van der Waals surface area contributed by atoms with Gasteiger partial charge in [0.25, 0.3) is 5.69 Å². The molecule has 0 bridgehead atoms. The minimum absolute atomic E-state index is 0.00380. The van der Waals surface area contributed by atoms with Crippen molar-refractivity contribution in [2.45, 2.75) is 33.1 Å². The van der Waals surface area contributed by atoms with Crippen molar-refractivity contribution in [3.63, 3.8) is 0 Å². The molecule has 0 fully saturated rings. The van der Waals surface area contributed by atoms with E-state index in [1.165, 1.54) is 17.0 Å². The van der Waals surface area contributed by atoms with Crippen molar-refractivity contribution in [3.8, 4) is 0 Å². The van der Waals surface area contributed by atoms with Gasteiger partial charge in [0.05, 0.1) is 17.0 Å². The van der Waals surface area contributed by atoms with Gasteiger partial charge >= 0.3 is 5.97 Å². The first-order chi connectivity index (χ1) is 9.86. The van der Waals surface area contributed by atoms with Crippen LogP contribution in [-0.4, -0.2) is 28.5 Å². The maximum absolute atomic E-state index is 12.2. The monoisotopic (exact) mass is 294 g/mol. The third-order valence-corrected chi connectivity index (χ3v) is 3.01. The van der Waals surface area contributed by atoms with Crippen molar-refractivity contribution >= 4 is 23.3 Å². The summed E-state index contributed by atoms with van der Waals surface area (Å²) < 4.78 is 0. The van der Waals surface area contributed by atoms with Crippen LogP contribution in [0.25, 0.3) is 0 Å². The molecule has 0 saturated carbocycles. The van der Waals surface area contributed by atoms with Gasteiger partial charge in [-0.3, -0.25) is 19.7 Å². The lowest BCUT2D eigenvalue weighted by Gasteiger charge is -2.23. The number of anilines is 1. The number of carboxylic acids is 1. The molecule has 0 spiro atoms. The summed E-state index contributed by atoms with van der Waals surface area (Å²) in [6.07, 6.45) is 0.676. The van der Waals surface area contributed by atoms with Crippen molar-refractivity contribution < 1.29 is 19.6 Å². The summed E-state index contributed by atoms with van der Waals surface area (Å²) in [7, 11) is 0. The number of nitro benzene ring substituents is 1. The van der Waals surface area contributed by atoms with Crippen LogP contribution in [0.1, 0.15) is 31.7 Å². The summed E-state index contributed by atoms with van der Waals surface area (Å²) in [6, 6.07) is 4.23. The molecule has 0 aliphatic carbocycles. The Balaban J connectivity index is 3.17. The molecule has 7 heteroatoms. The SMILES string of the molecule is CCCC(=O)N(CCC(=O)O)c1cc([N+](=O)[O-])ccc1C. The molecule has 0 aromatic heterocycles. The number of carbonyl (C=O) groups excluding carboxylic acids is 1. The molecule has 1 amide bonds. The first-order valence-electron chi connectivity index (χ1n) is 6.64. The van der Waals surface area contributed by atoms with Gasteiger partial charge in [0.15, 0.2) is 0 Å². The Morgan fingerprint density at radius 3 is 2.52 bits per heavy atom. The second-order valence-corrected chi connectivity index (χ2v) is 4.67. The van der Waals surface area contributed by atoms with Gasteiger partial charge in [-0.25, -0.2) is 0 Å². The van der Waals surface area contributed by atoms with E-state index in [0.717, 1.165) is 0 Å². The number of amides is 1. The van der Waals surface area contributed by atoms with Crippen LogP contribution in [0.4, 0.5) is 11.4 Å². The van der Waals surface area contributed by atoms with Gasteiger partial charge in [0.1, 0.15) is 0 Å². The molecule has 0 saturated heterocycles. The Labute approximate surface area is 122 Å². The second-order valence-electron chi connectivity index (χ2n) is 4.67. The van der Waals surface area contributed by atoms with E-state index in [1.807, 2.05) is 6.92 Å². The van der Waals surface area contributed by atoms with E-state index >= 15 is 0 Å². The normalized spacial score (nSPS) is 10.2. The third-order valence-electron chi connectivity index (χ3n) is 3.01. The quantitative estimate of drug-likeness (QED) is 0.615. The molecule has 0 unspecified atom stereocenters. The summed E-state index contributed by atoms with van der Waals surface area (Å²) in [5, 5.41) is 19.6. The van der Waals surface area contributed by atoms with Gasteiger partial charge in [-0.15, -0.1) is 0 Å². The Morgan fingerprint density at radius 1 is 1.33 bits per heavy atom. The number of aryl methyl sites for hydroxylation is 1. The average Bonchev–Trinajstić information content (AvgIpc) is 2.40. The van der Waals surface area contributed by atoms with E-state index < -0.39 is 10.9 Å². The molecule has 1 N–H and O–H groups in total. The minimum atomic E-state index is -1.02. The number of non-ortho nitro benzene ring substituents is 1. The first kappa shape index (κ1) is 16.6. The fourth-order valence-corrected chi connectivity index (χ4v) is 1.94. The van der Waals surface area contributed by atoms with Crippen molar-refractivity contribution in [2.24, 2.45) is 0 Å². The standard InChI is InChI=1S/C14H18N2O5/c1-3-4-13(17)15(8-7-14(18)19)12-9-11(16(20)21)6-5-10(12)2/h5-6,9H,3-4,7-8H2,1-2H3,(H,18,19). The zero-order valence-corrected chi connectivity index (χ0v) is 12.0. The van der Waals surface area contributed by atoms with Gasteiger partial charge in [-0.05, 0) is 18.9 Å². The van der Waals surface area contributed by atoms with Crippen LogP contribution in [0.2, 0.25) is 0 Å². The predicted octanol–water partition coefficient (Wildman–Crippen LogP) is 2.51. The van der Waals surface area contributed by atoms with Crippen LogP contribution < -0.4 is 4.90 Å². The van der Waals surface area contributed by atoms with E-state index in [4.69, 9.17) is 5.11 Å². The number of carboxylic acid groups (broad SMARTS) is 1. The number of nitro groups is 1. The van der Waals surface area contributed by atoms with E-state index in [2.05, 4.69) is 0 Å². The average molecular weight is 294 g/mol. The number of nitrogens with zero attached hydrogens (tertiary/aromatic N) is 2. The maximum Gasteiger partial charge on any atom is 0.305 e. The van der Waals surface area contributed by atoms with E-state index in [9.17, 15) is 19.7 Å². The highest BCUT2D eigenvalue weighted by atomic mass is 16.6. The minimum Gasteiger partial charge on any atom is -0.481 e. The predicted molar refractivity (Wildman–Crippen MR) is 77.3 cm³/mol. The zero-order valence-electron chi connectivity index (χ0n) is 12.0. The summed E-state index contributed by atoms with van der Waals surface area (Å²) in [5.74, 6) is -1.25. The smallest absolute Gasteiger partial charge is 0.305 e.